The highest BCUT2D eigenvalue weighted by atomic mass is 13.7. The molecule has 1 heteroatoms. The molecule has 0 aromatic heterocycles. The first kappa shape index (κ1) is 5.80. The Labute approximate surface area is 40.5 Å². The van der Waals surface area contributed by atoms with Gasteiger partial charge < -0.3 is 0 Å². The highest BCUT2D eigenvalue weighted by Gasteiger charge is 1.86. The predicted molar refractivity (Wildman–Crippen MR) is 31.2 cm³/mol. The van der Waals surface area contributed by atoms with Crippen LogP contribution < -0.4 is 0 Å². The summed E-state index contributed by atoms with van der Waals surface area (Å²) in [5.41, 5.74) is 0. The molecule has 33 valence electrons. The summed E-state index contributed by atoms with van der Waals surface area (Å²) in [5.74, 6) is 0.574. The summed E-state index contributed by atoms with van der Waals surface area (Å²) in [4.78, 5) is 0. The van der Waals surface area contributed by atoms with Crippen molar-refractivity contribution in [2.75, 3.05) is 0 Å². The second kappa shape index (κ2) is 3.01. The number of hydrogen-bond acceptors (Lipinski definition) is 0. The van der Waals surface area contributed by atoms with E-state index in [1.165, 1.54) is 0 Å². The highest BCUT2D eigenvalue weighted by molar-refractivity contribution is 6.36. The van der Waals surface area contributed by atoms with E-state index in [4.69, 9.17) is 0 Å². The molecule has 0 aromatic carbocycles. The van der Waals surface area contributed by atoms with E-state index in [1.54, 1.807) is 0 Å². The molecular weight excluding hydrogens is 70.9 g/mol. The fourth-order valence-electron chi connectivity index (χ4n) is 0.136. The van der Waals surface area contributed by atoms with Gasteiger partial charge in [0.15, 0.2) is 0 Å². The fraction of sp³-hybridized carbons (Fsp3) is 0.600. The average Bonchev–Trinajstić information content (AvgIpc) is 1.65. The van der Waals surface area contributed by atoms with Gasteiger partial charge in [-0.3, -0.25) is 0 Å². The Kier molecular flexibility index (Phi) is 2.92. The van der Waals surface area contributed by atoms with E-state index in [9.17, 15) is 0 Å². The molecular formula is C5H10B. The van der Waals surface area contributed by atoms with E-state index >= 15 is 0 Å². The number of hydrogen-bond donors (Lipinski definition) is 0. The van der Waals surface area contributed by atoms with Gasteiger partial charge in [-0.15, -0.1) is 6.58 Å². The van der Waals surface area contributed by atoms with Gasteiger partial charge in [0.25, 0.3) is 0 Å². The van der Waals surface area contributed by atoms with Gasteiger partial charge in [0.1, 0.15) is 7.28 Å². The van der Waals surface area contributed by atoms with Crippen molar-refractivity contribution in [2.45, 2.75) is 19.6 Å². The van der Waals surface area contributed by atoms with E-state index in [1.807, 2.05) is 12.9 Å². The largest absolute Gasteiger partial charge is 0.114 e. The maximum atomic E-state index is 3.60. The zero-order chi connectivity index (χ0) is 4.99. The zero-order valence-electron chi connectivity index (χ0n) is 4.44. The molecule has 0 saturated heterocycles. The Hall–Kier alpha value is -0.195. The second-order valence-electron chi connectivity index (χ2n) is 1.43. The minimum Gasteiger partial charge on any atom is -0.104 e. The van der Waals surface area contributed by atoms with Crippen LogP contribution in [0.3, 0.4) is 0 Å². The molecule has 0 rings (SSSR count). The molecule has 0 nitrogen and oxygen atoms in total. The monoisotopic (exact) mass is 81.1 g/mol. The lowest BCUT2D eigenvalue weighted by Crippen LogP contribution is -1.86. The van der Waals surface area contributed by atoms with E-state index < -0.39 is 0 Å². The van der Waals surface area contributed by atoms with Crippen LogP contribution in [0.25, 0.3) is 0 Å². The molecule has 0 N–H and O–H groups in total. The molecule has 0 aliphatic heterocycles. The lowest BCUT2D eigenvalue weighted by atomic mass is 9.68. The van der Waals surface area contributed by atoms with Gasteiger partial charge in [0, 0.05) is 0 Å². The van der Waals surface area contributed by atoms with Gasteiger partial charge in [-0.2, -0.15) is 0 Å². The predicted octanol–water partition coefficient (Wildman–Crippen LogP) is 1.73. The third-order valence-electron chi connectivity index (χ3n) is 0.898. The van der Waals surface area contributed by atoms with Crippen molar-refractivity contribution in [3.63, 3.8) is 0 Å². The van der Waals surface area contributed by atoms with Crippen LogP contribution in [0.4, 0.5) is 0 Å². The lowest BCUT2D eigenvalue weighted by Gasteiger charge is -1.92. The van der Waals surface area contributed by atoms with Crippen LogP contribution in [0.15, 0.2) is 12.7 Å². The smallest absolute Gasteiger partial charge is 0.104 e. The summed E-state index contributed by atoms with van der Waals surface area (Å²) in [6.07, 6.45) is 1.92. The minimum atomic E-state index is 0.574. The van der Waals surface area contributed by atoms with Crippen LogP contribution in [-0.4, -0.2) is 7.28 Å². The normalized spacial score (nSPS) is 13.0. The molecule has 0 fully saturated rings. The lowest BCUT2D eigenvalue weighted by molar-refractivity contribution is 1.20. The van der Waals surface area contributed by atoms with Crippen LogP contribution in [0.1, 0.15) is 6.92 Å². The summed E-state index contributed by atoms with van der Waals surface area (Å²) < 4.78 is 0. The summed E-state index contributed by atoms with van der Waals surface area (Å²) in [6, 6.07) is 0. The summed E-state index contributed by atoms with van der Waals surface area (Å²) >= 11 is 0. The van der Waals surface area contributed by atoms with E-state index in [0.29, 0.717) is 5.82 Å². The topological polar surface area (TPSA) is 0 Å². The third-order valence-corrected chi connectivity index (χ3v) is 0.898. The molecule has 1 atom stereocenters. The SMILES string of the molecule is C=CC(C)[B]C. The molecule has 0 saturated carbocycles. The van der Waals surface area contributed by atoms with Crippen LogP contribution in [-0.2, 0) is 0 Å². The van der Waals surface area contributed by atoms with Crippen molar-refractivity contribution in [1.29, 1.82) is 0 Å². The Morgan fingerprint density at radius 2 is 2.33 bits per heavy atom. The average molecular weight is 80.9 g/mol. The first-order valence-electron chi connectivity index (χ1n) is 2.23. The fourth-order valence-corrected chi connectivity index (χ4v) is 0.136. The zero-order valence-corrected chi connectivity index (χ0v) is 4.44. The molecule has 0 amide bonds. The molecule has 0 aliphatic carbocycles. The van der Waals surface area contributed by atoms with Gasteiger partial charge >= 0.3 is 0 Å². The van der Waals surface area contributed by atoms with Gasteiger partial charge in [-0.1, -0.05) is 25.6 Å². The van der Waals surface area contributed by atoms with Crippen LogP contribution in [0, 0.1) is 0 Å². The molecule has 0 heterocycles. The summed E-state index contributed by atoms with van der Waals surface area (Å²) in [7, 11) is 2.10. The van der Waals surface area contributed by atoms with Crippen molar-refractivity contribution in [1.82, 2.24) is 0 Å². The van der Waals surface area contributed by atoms with Crippen LogP contribution in [0.5, 0.6) is 0 Å². The van der Waals surface area contributed by atoms with Gasteiger partial charge in [0.05, 0.1) is 0 Å². The summed E-state index contributed by atoms with van der Waals surface area (Å²) in [6.45, 7) is 7.74. The van der Waals surface area contributed by atoms with E-state index in [2.05, 4.69) is 20.8 Å². The Balaban J connectivity index is 2.96. The Morgan fingerprint density at radius 3 is 2.33 bits per heavy atom. The first-order valence-corrected chi connectivity index (χ1v) is 2.23. The maximum Gasteiger partial charge on any atom is 0.114 e. The van der Waals surface area contributed by atoms with Crippen molar-refractivity contribution < 1.29 is 0 Å². The van der Waals surface area contributed by atoms with Gasteiger partial charge in [-0.05, 0) is 0 Å². The summed E-state index contributed by atoms with van der Waals surface area (Å²) in [5, 5.41) is 0. The van der Waals surface area contributed by atoms with Crippen molar-refractivity contribution in [3.05, 3.63) is 12.7 Å². The Morgan fingerprint density at radius 1 is 1.83 bits per heavy atom. The van der Waals surface area contributed by atoms with Crippen molar-refractivity contribution >= 4 is 7.28 Å². The van der Waals surface area contributed by atoms with Crippen molar-refractivity contribution in [3.8, 4) is 0 Å². The molecule has 0 bridgehead atoms. The van der Waals surface area contributed by atoms with Crippen LogP contribution in [0.2, 0.25) is 12.6 Å². The second-order valence-corrected chi connectivity index (χ2v) is 1.43. The number of allylic oxidation sites excluding steroid dienone is 1. The minimum absolute atomic E-state index is 0.574. The molecule has 1 radical (unpaired) electrons. The quantitative estimate of drug-likeness (QED) is 0.350. The number of rotatable bonds is 2. The van der Waals surface area contributed by atoms with Gasteiger partial charge in [-0.25, -0.2) is 0 Å². The highest BCUT2D eigenvalue weighted by Crippen LogP contribution is 1.97. The van der Waals surface area contributed by atoms with Crippen molar-refractivity contribution in [2.24, 2.45) is 0 Å². The van der Waals surface area contributed by atoms with E-state index in [-0.39, 0.29) is 0 Å². The van der Waals surface area contributed by atoms with E-state index in [0.717, 1.165) is 0 Å². The molecule has 0 aromatic rings. The molecule has 0 spiro atoms. The maximum absolute atomic E-state index is 3.60. The van der Waals surface area contributed by atoms with Crippen LogP contribution >= 0.6 is 0 Å². The third kappa shape index (κ3) is 2.07. The molecule has 6 heavy (non-hydrogen) atoms. The first-order chi connectivity index (χ1) is 2.81. The molecule has 1 unspecified atom stereocenters. The molecule has 0 aliphatic rings. The standard InChI is InChI=1S/C5H10B/c1-4-5(2)6-3/h4-5H,1H2,2-3H3. The Bertz CT molecular complexity index is 41.2. The van der Waals surface area contributed by atoms with Gasteiger partial charge in [0.2, 0.25) is 0 Å².